The molecule has 9 heavy (non-hydrogen) atoms. The van der Waals surface area contributed by atoms with E-state index in [1.54, 1.807) is 11.8 Å². The molecule has 0 aliphatic rings. The van der Waals surface area contributed by atoms with Crippen LogP contribution in [0.25, 0.3) is 0 Å². The highest BCUT2D eigenvalue weighted by Crippen LogP contribution is 1.98. The van der Waals surface area contributed by atoms with E-state index in [4.69, 9.17) is 0 Å². The zero-order chi connectivity index (χ0) is 6.95. The fraction of sp³-hybridized carbons (Fsp3) is 0.625. The molecule has 0 rings (SSSR count). The Morgan fingerprint density at radius 1 is 1.44 bits per heavy atom. The van der Waals surface area contributed by atoms with E-state index in [0.29, 0.717) is 0 Å². The molecular formula is C8H14S. The molecule has 0 spiro atoms. The van der Waals surface area contributed by atoms with Crippen molar-refractivity contribution in [3.05, 3.63) is 17.2 Å². The van der Waals surface area contributed by atoms with E-state index in [0.717, 1.165) is 12.2 Å². The summed E-state index contributed by atoms with van der Waals surface area (Å²) in [4.78, 5) is 0. The van der Waals surface area contributed by atoms with Crippen molar-refractivity contribution >= 4 is 11.8 Å². The van der Waals surface area contributed by atoms with Crippen molar-refractivity contribution in [1.29, 1.82) is 0 Å². The van der Waals surface area contributed by atoms with Gasteiger partial charge in [0, 0.05) is 5.41 Å². The van der Waals surface area contributed by atoms with E-state index in [9.17, 15) is 0 Å². The molecule has 0 aromatic heterocycles. The molecule has 0 saturated carbocycles. The van der Waals surface area contributed by atoms with Gasteiger partial charge in [-0.25, -0.2) is 0 Å². The maximum atomic E-state index is 3.10. The van der Waals surface area contributed by atoms with Gasteiger partial charge < -0.3 is 0 Å². The smallest absolute Gasteiger partial charge is 0.0125 e. The maximum Gasteiger partial charge on any atom is 0.0125 e. The fourth-order valence-corrected chi connectivity index (χ4v) is 0.766. The lowest BCUT2D eigenvalue weighted by molar-refractivity contribution is 0.960. The summed E-state index contributed by atoms with van der Waals surface area (Å²) in [7, 11) is 0. The Labute approximate surface area is 62.0 Å². The normalized spacial score (nSPS) is 8.22. The van der Waals surface area contributed by atoms with Crippen LogP contribution < -0.4 is 0 Å². The molecule has 0 N–H and O–H groups in total. The van der Waals surface area contributed by atoms with Crippen LogP contribution in [0.1, 0.15) is 26.7 Å². The molecule has 1 heteroatoms. The minimum absolute atomic E-state index is 1.15. The van der Waals surface area contributed by atoms with Gasteiger partial charge in [0.05, 0.1) is 0 Å². The summed E-state index contributed by atoms with van der Waals surface area (Å²) < 4.78 is 0. The molecule has 0 heterocycles. The third-order valence-electron chi connectivity index (χ3n) is 0.869. The minimum atomic E-state index is 1.15. The van der Waals surface area contributed by atoms with Crippen molar-refractivity contribution in [3.63, 3.8) is 0 Å². The van der Waals surface area contributed by atoms with E-state index in [1.165, 1.54) is 6.42 Å². The topological polar surface area (TPSA) is 0 Å². The molecule has 0 aliphatic heterocycles. The zero-order valence-corrected chi connectivity index (χ0v) is 7.00. The SMILES string of the molecule is CCCC=C=CSCC. The van der Waals surface area contributed by atoms with Crippen LogP contribution in [0.4, 0.5) is 0 Å². The molecule has 52 valence electrons. The van der Waals surface area contributed by atoms with Gasteiger partial charge in [0.25, 0.3) is 0 Å². The second-order valence-electron chi connectivity index (χ2n) is 1.73. The van der Waals surface area contributed by atoms with Crippen molar-refractivity contribution < 1.29 is 0 Å². The summed E-state index contributed by atoms with van der Waals surface area (Å²) >= 11 is 1.79. The summed E-state index contributed by atoms with van der Waals surface area (Å²) in [5, 5.41) is 2.02. The summed E-state index contributed by atoms with van der Waals surface area (Å²) in [5.74, 6) is 1.15. The largest absolute Gasteiger partial charge is 0.126 e. The van der Waals surface area contributed by atoms with E-state index >= 15 is 0 Å². The van der Waals surface area contributed by atoms with Crippen LogP contribution in [0.15, 0.2) is 17.2 Å². The monoisotopic (exact) mass is 142 g/mol. The first kappa shape index (κ1) is 8.87. The molecule has 0 atom stereocenters. The van der Waals surface area contributed by atoms with Crippen LogP contribution in [0.5, 0.6) is 0 Å². The molecule has 0 unspecified atom stereocenters. The lowest BCUT2D eigenvalue weighted by atomic mass is 10.3. The van der Waals surface area contributed by atoms with Gasteiger partial charge in [0.15, 0.2) is 0 Å². The Morgan fingerprint density at radius 3 is 2.78 bits per heavy atom. The van der Waals surface area contributed by atoms with Crippen LogP contribution in [0.2, 0.25) is 0 Å². The summed E-state index contributed by atoms with van der Waals surface area (Å²) in [6.45, 7) is 4.31. The number of thioether (sulfide) groups is 1. The van der Waals surface area contributed by atoms with Crippen LogP contribution in [0, 0.1) is 0 Å². The quantitative estimate of drug-likeness (QED) is 0.543. The Hall–Kier alpha value is -0.130. The second kappa shape index (κ2) is 7.87. The molecule has 0 aromatic carbocycles. The van der Waals surface area contributed by atoms with Gasteiger partial charge >= 0.3 is 0 Å². The number of hydrogen-bond acceptors (Lipinski definition) is 1. The Bertz CT molecular complexity index is 89.1. The van der Waals surface area contributed by atoms with Gasteiger partial charge in [-0.05, 0) is 18.2 Å². The molecule has 0 fully saturated rings. The Morgan fingerprint density at radius 2 is 2.22 bits per heavy atom. The maximum absolute atomic E-state index is 3.10. The molecule has 0 amide bonds. The first-order valence-corrected chi connectivity index (χ1v) is 4.47. The molecule has 0 aliphatic carbocycles. The molecular weight excluding hydrogens is 128 g/mol. The Kier molecular flexibility index (Phi) is 7.76. The number of rotatable bonds is 4. The van der Waals surface area contributed by atoms with Gasteiger partial charge in [-0.2, -0.15) is 0 Å². The molecule has 0 bridgehead atoms. The standard InChI is InChI=1S/C8H14S/c1-3-5-6-7-8-9-4-2/h6,8H,3-5H2,1-2H3. The van der Waals surface area contributed by atoms with Crippen LogP contribution in [-0.4, -0.2) is 5.75 Å². The van der Waals surface area contributed by atoms with E-state index < -0.39 is 0 Å². The Balaban J connectivity index is 3.18. The lowest BCUT2D eigenvalue weighted by Crippen LogP contribution is -1.57. The second-order valence-corrected chi connectivity index (χ2v) is 2.88. The summed E-state index contributed by atoms with van der Waals surface area (Å²) in [6, 6.07) is 0. The van der Waals surface area contributed by atoms with Gasteiger partial charge in [-0.1, -0.05) is 20.3 Å². The van der Waals surface area contributed by atoms with Gasteiger partial charge in [-0.15, -0.1) is 17.5 Å². The highest BCUT2D eigenvalue weighted by molar-refractivity contribution is 8.02. The van der Waals surface area contributed by atoms with Crippen LogP contribution in [0.3, 0.4) is 0 Å². The number of unbranched alkanes of at least 4 members (excludes halogenated alkanes) is 1. The van der Waals surface area contributed by atoms with Gasteiger partial charge in [0.1, 0.15) is 0 Å². The highest BCUT2D eigenvalue weighted by Gasteiger charge is 1.69. The van der Waals surface area contributed by atoms with Crippen LogP contribution >= 0.6 is 11.8 Å². The van der Waals surface area contributed by atoms with Gasteiger partial charge in [0.2, 0.25) is 0 Å². The zero-order valence-electron chi connectivity index (χ0n) is 6.18. The molecule has 0 radical (unpaired) electrons. The minimum Gasteiger partial charge on any atom is -0.126 e. The molecule has 0 saturated heterocycles. The fourth-order valence-electron chi connectivity index (χ4n) is 0.407. The number of hydrogen-bond donors (Lipinski definition) is 0. The van der Waals surface area contributed by atoms with Crippen molar-refractivity contribution in [2.45, 2.75) is 26.7 Å². The van der Waals surface area contributed by atoms with Crippen molar-refractivity contribution in [2.75, 3.05) is 5.75 Å². The first-order valence-electron chi connectivity index (χ1n) is 3.42. The lowest BCUT2D eigenvalue weighted by Gasteiger charge is -1.78. The van der Waals surface area contributed by atoms with Crippen molar-refractivity contribution in [3.8, 4) is 0 Å². The third-order valence-corrected chi connectivity index (χ3v) is 1.50. The first-order chi connectivity index (χ1) is 4.41. The predicted octanol–water partition coefficient (Wildman–Crippen LogP) is 3.21. The van der Waals surface area contributed by atoms with E-state index in [1.807, 2.05) is 5.41 Å². The predicted molar refractivity (Wildman–Crippen MR) is 45.7 cm³/mol. The molecule has 0 aromatic rings. The highest BCUT2D eigenvalue weighted by atomic mass is 32.2. The van der Waals surface area contributed by atoms with Crippen molar-refractivity contribution in [1.82, 2.24) is 0 Å². The van der Waals surface area contributed by atoms with Gasteiger partial charge in [-0.3, -0.25) is 0 Å². The van der Waals surface area contributed by atoms with Crippen molar-refractivity contribution in [2.24, 2.45) is 0 Å². The average Bonchev–Trinajstić information content (AvgIpc) is 1.89. The van der Waals surface area contributed by atoms with Crippen LogP contribution in [-0.2, 0) is 0 Å². The average molecular weight is 142 g/mol. The van der Waals surface area contributed by atoms with E-state index in [2.05, 4.69) is 25.7 Å². The van der Waals surface area contributed by atoms with E-state index in [-0.39, 0.29) is 0 Å². The summed E-state index contributed by atoms with van der Waals surface area (Å²) in [5.41, 5.74) is 3.10. The molecule has 0 nitrogen and oxygen atoms in total. The number of allylic oxidation sites excluding steroid dienone is 1. The summed E-state index contributed by atoms with van der Waals surface area (Å²) in [6.07, 6.45) is 4.46. The third kappa shape index (κ3) is 7.87.